The monoisotopic (exact) mass is 531 g/mol. The quantitative estimate of drug-likeness (QED) is 0.365. The largest absolute Gasteiger partial charge is 0.416 e. The van der Waals surface area contributed by atoms with Crippen LogP contribution in [0, 0.1) is 0 Å². The summed E-state index contributed by atoms with van der Waals surface area (Å²) < 4.78 is 65.9. The molecule has 0 heterocycles. The molecule has 4 N–H and O–H groups in total. The van der Waals surface area contributed by atoms with Crippen LogP contribution in [-0.2, 0) is 28.5 Å². The van der Waals surface area contributed by atoms with E-state index in [9.17, 15) is 26.4 Å². The van der Waals surface area contributed by atoms with Crippen LogP contribution in [0.5, 0.6) is 0 Å². The summed E-state index contributed by atoms with van der Waals surface area (Å²) in [5.41, 5.74) is 5.82. The van der Waals surface area contributed by atoms with Crippen LogP contribution in [0.1, 0.15) is 27.0 Å². The maximum Gasteiger partial charge on any atom is 0.416 e. The normalized spacial score (nSPS) is 11.8. The first kappa shape index (κ1) is 25.8. The average Bonchev–Trinajstić information content (AvgIpc) is 2.73. The molecule has 0 aliphatic carbocycles. The molecule has 0 aromatic heterocycles. The predicted octanol–water partition coefficient (Wildman–Crippen LogP) is 5.67. The Morgan fingerprint density at radius 2 is 1.59 bits per heavy atom. The topological polar surface area (TPSA) is 101 Å². The Hall–Kier alpha value is -2.79. The Kier molecular flexibility index (Phi) is 7.77. The minimum atomic E-state index is -4.52. The summed E-state index contributed by atoms with van der Waals surface area (Å²) in [5, 5.41) is 2.88. The fourth-order valence-corrected chi connectivity index (χ4v) is 4.85. The highest BCUT2D eigenvalue weighted by molar-refractivity contribution is 7.91. The van der Waals surface area contributed by atoms with Gasteiger partial charge in [-0.1, -0.05) is 47.5 Å². The molecule has 0 saturated heterocycles. The minimum Gasteiger partial charge on any atom is -0.326 e. The predicted molar refractivity (Wildman–Crippen MR) is 126 cm³/mol. The molecule has 3 aromatic carbocycles. The van der Waals surface area contributed by atoms with Gasteiger partial charge in [-0.2, -0.15) is 13.2 Å². The summed E-state index contributed by atoms with van der Waals surface area (Å²) in [7, 11) is -4.02. The van der Waals surface area contributed by atoms with E-state index >= 15 is 0 Å². The summed E-state index contributed by atoms with van der Waals surface area (Å²) in [5.74, 6) is -1.17. The van der Waals surface area contributed by atoms with Gasteiger partial charge in [0.25, 0.3) is 5.91 Å². The standard InChI is InChI=1S/C22H18Cl2F3N3O3S/c23-17-2-1-3-18(24)20(17)21(31)29-16-9-6-14(11-28)19(10-16)30-34(32,33)12-13-4-7-15(8-5-13)22(25,26)27/h1-10,30H,11-12,28H2,(H,29,31). The first-order valence-corrected chi connectivity index (χ1v) is 12.1. The van der Waals surface area contributed by atoms with Gasteiger partial charge in [-0.15, -0.1) is 0 Å². The van der Waals surface area contributed by atoms with Gasteiger partial charge >= 0.3 is 6.18 Å². The number of benzene rings is 3. The fraction of sp³-hybridized carbons (Fsp3) is 0.136. The van der Waals surface area contributed by atoms with Crippen molar-refractivity contribution in [2.24, 2.45) is 5.73 Å². The third-order valence-electron chi connectivity index (χ3n) is 4.68. The highest BCUT2D eigenvalue weighted by atomic mass is 35.5. The lowest BCUT2D eigenvalue weighted by Crippen LogP contribution is -2.18. The number of nitrogens with two attached hydrogens (primary N) is 1. The van der Waals surface area contributed by atoms with Crippen molar-refractivity contribution >= 4 is 50.5 Å². The Morgan fingerprint density at radius 1 is 0.971 bits per heavy atom. The number of hydrogen-bond acceptors (Lipinski definition) is 4. The Balaban J connectivity index is 1.81. The average molecular weight is 532 g/mol. The summed E-state index contributed by atoms with van der Waals surface area (Å²) in [6, 6.07) is 12.8. The van der Waals surface area contributed by atoms with Crippen molar-refractivity contribution in [3.63, 3.8) is 0 Å². The van der Waals surface area contributed by atoms with Crippen LogP contribution >= 0.6 is 23.2 Å². The first-order chi connectivity index (χ1) is 15.9. The zero-order valence-corrected chi connectivity index (χ0v) is 19.6. The molecule has 3 rings (SSSR count). The number of alkyl halides is 3. The van der Waals surface area contributed by atoms with Crippen LogP contribution in [-0.4, -0.2) is 14.3 Å². The molecular weight excluding hydrogens is 514 g/mol. The van der Waals surface area contributed by atoms with E-state index in [4.69, 9.17) is 28.9 Å². The second-order valence-corrected chi connectivity index (χ2v) is 9.72. The van der Waals surface area contributed by atoms with Crippen LogP contribution in [0.2, 0.25) is 10.0 Å². The zero-order valence-electron chi connectivity index (χ0n) is 17.3. The molecule has 0 atom stereocenters. The Bertz CT molecular complexity index is 1290. The molecular formula is C22H18Cl2F3N3O3S. The number of halogens is 5. The molecule has 0 radical (unpaired) electrons. The van der Waals surface area contributed by atoms with Gasteiger partial charge in [-0.05, 0) is 47.5 Å². The number of sulfonamides is 1. The summed E-state index contributed by atoms with van der Waals surface area (Å²) in [6.45, 7) is -0.0112. The maximum absolute atomic E-state index is 12.7. The van der Waals surface area contributed by atoms with Crippen LogP contribution in [0.15, 0.2) is 60.7 Å². The molecule has 1 amide bonds. The number of rotatable bonds is 7. The molecule has 0 saturated carbocycles. The minimum absolute atomic E-state index is 0.0112. The van der Waals surface area contributed by atoms with Gasteiger partial charge in [-0.25, -0.2) is 8.42 Å². The number of hydrogen-bond donors (Lipinski definition) is 3. The smallest absolute Gasteiger partial charge is 0.326 e. The van der Waals surface area contributed by atoms with Crippen molar-refractivity contribution in [2.45, 2.75) is 18.5 Å². The molecule has 0 spiro atoms. The highest BCUT2D eigenvalue weighted by Crippen LogP contribution is 2.30. The third-order valence-corrected chi connectivity index (χ3v) is 6.56. The molecule has 0 unspecified atom stereocenters. The van der Waals surface area contributed by atoms with E-state index in [1.165, 1.54) is 30.3 Å². The van der Waals surface area contributed by atoms with Crippen LogP contribution < -0.4 is 15.8 Å². The molecule has 0 bridgehead atoms. The molecule has 34 heavy (non-hydrogen) atoms. The zero-order chi connectivity index (χ0) is 25.1. The van der Waals surface area contributed by atoms with Crippen LogP contribution in [0.25, 0.3) is 0 Å². The number of amides is 1. The van der Waals surface area contributed by atoms with Crippen molar-refractivity contribution in [1.82, 2.24) is 0 Å². The summed E-state index contributed by atoms with van der Waals surface area (Å²) in [4.78, 5) is 12.6. The molecule has 0 fully saturated rings. The van der Waals surface area contributed by atoms with E-state index < -0.39 is 33.4 Å². The Labute approximate surface area is 203 Å². The first-order valence-electron chi connectivity index (χ1n) is 9.64. The van der Waals surface area contributed by atoms with E-state index in [0.29, 0.717) is 5.56 Å². The molecule has 0 aliphatic heterocycles. The van der Waals surface area contributed by atoms with E-state index in [2.05, 4.69) is 10.0 Å². The Morgan fingerprint density at radius 3 is 2.15 bits per heavy atom. The van der Waals surface area contributed by atoms with Gasteiger partial charge < -0.3 is 11.1 Å². The van der Waals surface area contributed by atoms with Crippen molar-refractivity contribution in [3.8, 4) is 0 Å². The van der Waals surface area contributed by atoms with Gasteiger partial charge in [0.05, 0.1) is 32.6 Å². The summed E-state index contributed by atoms with van der Waals surface area (Å²) in [6.07, 6.45) is -4.52. The van der Waals surface area contributed by atoms with Gasteiger partial charge in [-0.3, -0.25) is 9.52 Å². The number of nitrogens with one attached hydrogen (secondary N) is 2. The van der Waals surface area contributed by atoms with Gasteiger partial charge in [0.2, 0.25) is 10.0 Å². The van der Waals surface area contributed by atoms with Crippen molar-refractivity contribution in [2.75, 3.05) is 10.0 Å². The van der Waals surface area contributed by atoms with Crippen molar-refractivity contribution in [3.05, 3.63) is 93.0 Å². The number of carbonyl (C=O) groups is 1. The lowest BCUT2D eigenvalue weighted by Gasteiger charge is -2.15. The summed E-state index contributed by atoms with van der Waals surface area (Å²) >= 11 is 12.1. The second-order valence-electron chi connectivity index (χ2n) is 7.18. The molecule has 0 aliphatic rings. The van der Waals surface area contributed by atoms with Crippen LogP contribution in [0.4, 0.5) is 24.5 Å². The van der Waals surface area contributed by atoms with Crippen LogP contribution in [0.3, 0.4) is 0 Å². The highest BCUT2D eigenvalue weighted by Gasteiger charge is 2.30. The SMILES string of the molecule is NCc1ccc(NC(=O)c2c(Cl)cccc2Cl)cc1NS(=O)(=O)Cc1ccc(C(F)(F)F)cc1. The van der Waals surface area contributed by atoms with Crippen molar-refractivity contribution in [1.29, 1.82) is 0 Å². The van der Waals surface area contributed by atoms with Crippen molar-refractivity contribution < 1.29 is 26.4 Å². The molecule has 3 aromatic rings. The third kappa shape index (κ3) is 6.41. The molecule has 6 nitrogen and oxygen atoms in total. The van der Waals surface area contributed by atoms with E-state index in [0.717, 1.165) is 24.3 Å². The van der Waals surface area contributed by atoms with Gasteiger partial charge in [0.1, 0.15) is 0 Å². The van der Waals surface area contributed by atoms with E-state index in [1.54, 1.807) is 6.07 Å². The number of carbonyl (C=O) groups excluding carboxylic acids is 1. The van der Waals surface area contributed by atoms with E-state index in [-0.39, 0.29) is 39.1 Å². The van der Waals surface area contributed by atoms with Gasteiger partial charge in [0.15, 0.2) is 0 Å². The molecule has 180 valence electrons. The lowest BCUT2D eigenvalue weighted by molar-refractivity contribution is -0.137. The maximum atomic E-state index is 12.7. The fourth-order valence-electron chi connectivity index (χ4n) is 3.05. The van der Waals surface area contributed by atoms with E-state index in [1.807, 2.05) is 0 Å². The molecule has 12 heteroatoms. The second kappa shape index (κ2) is 10.2. The number of anilines is 2. The lowest BCUT2D eigenvalue weighted by atomic mass is 10.1. The van der Waals surface area contributed by atoms with Gasteiger partial charge in [0, 0.05) is 12.2 Å².